The van der Waals surface area contributed by atoms with Crippen LogP contribution in [0.4, 0.5) is 0 Å². The van der Waals surface area contributed by atoms with Crippen LogP contribution in [-0.4, -0.2) is 63.5 Å². The second kappa shape index (κ2) is 14.2. The lowest BCUT2D eigenvalue weighted by atomic mass is 9.95. The Morgan fingerprint density at radius 1 is 0.978 bits per heavy atom. The maximum Gasteiger partial charge on any atom is 0.308 e. The van der Waals surface area contributed by atoms with E-state index in [0.717, 1.165) is 39.3 Å². The number of benzene rings is 2. The molecule has 3 heterocycles. The normalized spacial score (nSPS) is 15.4. The van der Waals surface area contributed by atoms with Crippen molar-refractivity contribution in [2.75, 3.05) is 19.7 Å². The molecule has 2 atom stereocenters. The summed E-state index contributed by atoms with van der Waals surface area (Å²) in [5.41, 5.74) is 3.46. The van der Waals surface area contributed by atoms with Crippen LogP contribution >= 0.6 is 11.3 Å². The average Bonchev–Trinajstić information content (AvgIpc) is 3.76. The number of likely N-dealkylation sites (tertiary alicyclic amines) is 1. The largest absolute Gasteiger partial charge is 0.494 e. The van der Waals surface area contributed by atoms with E-state index in [9.17, 15) is 19.5 Å². The standard InChI is InChI=1S/C36H40N4O5S/c1-5-18-45-28-12-10-24(11-13-28)27-20-37-32(38-21-27)25-8-6-23(7-9-25)19-29(34(42)40-17-16-26(22-40)35(43)44)39-33(41)30-14-15-31(46-30)36(2,3)4/h6-15,20-21,26,29H,5,16-19,22H2,1-4H3,(H,39,41)(H,43,44)/t26-,29-/m0/s1. The Morgan fingerprint density at radius 2 is 1.65 bits per heavy atom. The summed E-state index contributed by atoms with van der Waals surface area (Å²) in [7, 11) is 0. The minimum absolute atomic E-state index is 0.0967. The first-order chi connectivity index (χ1) is 22.0. The zero-order valence-electron chi connectivity index (χ0n) is 26.7. The third kappa shape index (κ3) is 7.98. The lowest BCUT2D eigenvalue weighted by Crippen LogP contribution is -2.49. The van der Waals surface area contributed by atoms with E-state index in [1.807, 2.05) is 54.6 Å². The summed E-state index contributed by atoms with van der Waals surface area (Å²) < 4.78 is 5.67. The van der Waals surface area contributed by atoms with Crippen molar-refractivity contribution in [3.05, 3.63) is 88.4 Å². The van der Waals surface area contributed by atoms with E-state index in [4.69, 9.17) is 4.74 Å². The van der Waals surface area contributed by atoms with Gasteiger partial charge in [0.15, 0.2) is 5.82 Å². The monoisotopic (exact) mass is 640 g/mol. The SMILES string of the molecule is CCCOc1ccc(-c2cnc(-c3ccc(C[C@H](NC(=O)c4ccc(C(C)(C)C)s4)C(=O)N4CC[C@H](C(=O)O)C4)cc3)nc2)cc1. The van der Waals surface area contributed by atoms with Crippen molar-refractivity contribution in [2.24, 2.45) is 5.92 Å². The van der Waals surface area contributed by atoms with E-state index in [0.29, 0.717) is 30.3 Å². The lowest BCUT2D eigenvalue weighted by molar-refractivity contribution is -0.141. The van der Waals surface area contributed by atoms with Crippen molar-refractivity contribution >= 4 is 29.1 Å². The van der Waals surface area contributed by atoms with Crippen molar-refractivity contribution in [1.29, 1.82) is 0 Å². The number of carbonyl (C=O) groups is 3. The van der Waals surface area contributed by atoms with Gasteiger partial charge in [0.05, 0.1) is 17.4 Å². The predicted octanol–water partition coefficient (Wildman–Crippen LogP) is 6.23. The van der Waals surface area contributed by atoms with Gasteiger partial charge in [-0.05, 0) is 53.6 Å². The van der Waals surface area contributed by atoms with Crippen LogP contribution < -0.4 is 10.1 Å². The summed E-state index contributed by atoms with van der Waals surface area (Å²) in [6.45, 7) is 9.50. The number of amides is 2. The fourth-order valence-corrected chi connectivity index (χ4v) is 6.26. The van der Waals surface area contributed by atoms with Crippen LogP contribution in [0.25, 0.3) is 22.5 Å². The van der Waals surface area contributed by atoms with E-state index in [-0.39, 0.29) is 30.2 Å². The molecule has 0 aliphatic carbocycles. The maximum atomic E-state index is 13.6. The number of nitrogens with one attached hydrogen (secondary N) is 1. The van der Waals surface area contributed by atoms with Gasteiger partial charge in [-0.3, -0.25) is 14.4 Å². The minimum Gasteiger partial charge on any atom is -0.494 e. The molecule has 0 unspecified atom stereocenters. The number of aliphatic carboxylic acids is 1. The van der Waals surface area contributed by atoms with Crippen molar-refractivity contribution in [3.8, 4) is 28.3 Å². The molecule has 1 fully saturated rings. The van der Waals surface area contributed by atoms with Crippen molar-refractivity contribution < 1.29 is 24.2 Å². The second-order valence-electron chi connectivity index (χ2n) is 12.6. The van der Waals surface area contributed by atoms with Gasteiger partial charge in [0.1, 0.15) is 11.8 Å². The topological polar surface area (TPSA) is 122 Å². The van der Waals surface area contributed by atoms with E-state index >= 15 is 0 Å². The number of thiophene rings is 1. The van der Waals surface area contributed by atoms with E-state index in [1.165, 1.54) is 11.3 Å². The molecule has 240 valence electrons. The summed E-state index contributed by atoms with van der Waals surface area (Å²) >= 11 is 1.41. The van der Waals surface area contributed by atoms with Gasteiger partial charge in [0.2, 0.25) is 5.91 Å². The van der Waals surface area contributed by atoms with Gasteiger partial charge in [-0.2, -0.15) is 0 Å². The molecule has 2 aromatic carbocycles. The van der Waals surface area contributed by atoms with Crippen molar-refractivity contribution in [3.63, 3.8) is 0 Å². The van der Waals surface area contributed by atoms with Crippen LogP contribution in [0, 0.1) is 5.92 Å². The first kappa shape index (κ1) is 32.8. The zero-order valence-corrected chi connectivity index (χ0v) is 27.5. The summed E-state index contributed by atoms with van der Waals surface area (Å²) in [6.07, 6.45) is 5.19. The van der Waals surface area contributed by atoms with Crippen LogP contribution in [0.2, 0.25) is 0 Å². The summed E-state index contributed by atoms with van der Waals surface area (Å²) in [6, 6.07) is 18.4. The lowest BCUT2D eigenvalue weighted by Gasteiger charge is -2.24. The summed E-state index contributed by atoms with van der Waals surface area (Å²) in [4.78, 5) is 50.8. The smallest absolute Gasteiger partial charge is 0.308 e. The number of hydrogen-bond acceptors (Lipinski definition) is 7. The Kier molecular flexibility index (Phi) is 10.2. The molecule has 9 nitrogen and oxygen atoms in total. The molecule has 1 aliphatic heterocycles. The molecule has 4 aromatic rings. The number of carboxylic acid groups (broad SMARTS) is 1. The van der Waals surface area contributed by atoms with E-state index in [2.05, 4.69) is 43.0 Å². The number of hydrogen-bond donors (Lipinski definition) is 2. The zero-order chi connectivity index (χ0) is 32.8. The molecular weight excluding hydrogens is 600 g/mol. The molecule has 1 saturated heterocycles. The molecule has 0 spiro atoms. The predicted molar refractivity (Wildman–Crippen MR) is 179 cm³/mol. The van der Waals surface area contributed by atoms with Gasteiger partial charge in [-0.25, -0.2) is 9.97 Å². The first-order valence-electron chi connectivity index (χ1n) is 15.6. The number of rotatable bonds is 11. The molecular formula is C36H40N4O5S. The van der Waals surface area contributed by atoms with Crippen molar-refractivity contribution in [1.82, 2.24) is 20.2 Å². The van der Waals surface area contributed by atoms with Gasteiger partial charge < -0.3 is 20.1 Å². The van der Waals surface area contributed by atoms with Crippen LogP contribution in [0.1, 0.15) is 60.6 Å². The highest BCUT2D eigenvalue weighted by atomic mass is 32.1. The fraction of sp³-hybridized carbons (Fsp3) is 0.361. The quantitative estimate of drug-likeness (QED) is 0.199. The number of carbonyl (C=O) groups excluding carboxylic acids is 2. The highest BCUT2D eigenvalue weighted by Gasteiger charge is 2.35. The molecule has 0 bridgehead atoms. The van der Waals surface area contributed by atoms with Gasteiger partial charge in [0, 0.05) is 47.9 Å². The average molecular weight is 641 g/mol. The molecule has 0 saturated carbocycles. The third-order valence-electron chi connectivity index (χ3n) is 7.99. The Morgan fingerprint density at radius 3 is 2.24 bits per heavy atom. The second-order valence-corrected chi connectivity index (χ2v) is 13.7. The molecule has 0 radical (unpaired) electrons. The highest BCUT2D eigenvalue weighted by molar-refractivity contribution is 7.14. The van der Waals surface area contributed by atoms with Crippen LogP contribution in [0.5, 0.6) is 5.75 Å². The van der Waals surface area contributed by atoms with E-state index in [1.54, 1.807) is 23.4 Å². The number of ether oxygens (including phenoxy) is 1. The fourth-order valence-electron chi connectivity index (χ4n) is 5.29. The number of nitrogens with zero attached hydrogens (tertiary/aromatic N) is 3. The molecule has 46 heavy (non-hydrogen) atoms. The van der Waals surface area contributed by atoms with Crippen LogP contribution in [0.3, 0.4) is 0 Å². The molecule has 1 aliphatic rings. The Hall–Kier alpha value is -4.57. The first-order valence-corrected chi connectivity index (χ1v) is 16.4. The van der Waals surface area contributed by atoms with Gasteiger partial charge in [-0.1, -0.05) is 64.1 Å². The summed E-state index contributed by atoms with van der Waals surface area (Å²) in [5.74, 6) is -0.707. The third-order valence-corrected chi connectivity index (χ3v) is 9.50. The molecule has 5 rings (SSSR count). The van der Waals surface area contributed by atoms with Crippen LogP contribution in [0.15, 0.2) is 73.1 Å². The van der Waals surface area contributed by atoms with Gasteiger partial charge in [0.25, 0.3) is 5.91 Å². The number of aromatic nitrogens is 2. The molecule has 2 amide bonds. The number of carboxylic acids is 1. The van der Waals surface area contributed by atoms with Gasteiger partial charge in [-0.15, -0.1) is 11.3 Å². The molecule has 2 N–H and O–H groups in total. The summed E-state index contributed by atoms with van der Waals surface area (Å²) in [5, 5.41) is 12.4. The molecule has 10 heteroatoms. The van der Waals surface area contributed by atoms with Crippen molar-refractivity contribution in [2.45, 2.75) is 58.4 Å². The Balaban J connectivity index is 1.29. The van der Waals surface area contributed by atoms with Crippen LogP contribution in [-0.2, 0) is 21.4 Å². The maximum absolute atomic E-state index is 13.6. The highest BCUT2D eigenvalue weighted by Crippen LogP contribution is 2.30. The Bertz CT molecular complexity index is 1660. The van der Waals surface area contributed by atoms with E-state index < -0.39 is 17.9 Å². The minimum atomic E-state index is -0.912. The Labute approximate surface area is 273 Å². The molecule has 2 aromatic heterocycles. The van der Waals surface area contributed by atoms with Gasteiger partial charge >= 0.3 is 5.97 Å².